The largest absolute Gasteiger partial charge is 0.450 e. The molecule has 18 heavy (non-hydrogen) atoms. The lowest BCUT2D eigenvalue weighted by atomic mass is 10.1. The molecule has 0 radical (unpaired) electrons. The van der Waals surface area contributed by atoms with E-state index >= 15 is 0 Å². The molecule has 0 aliphatic carbocycles. The van der Waals surface area contributed by atoms with Gasteiger partial charge in [0.25, 0.3) is 0 Å². The van der Waals surface area contributed by atoms with Crippen molar-refractivity contribution in [2.75, 3.05) is 19.0 Å². The molecular weight excluding hydrogens is 257 g/mol. The maximum Gasteiger partial charge on any atom is 0.450 e. The average molecular weight is 267 g/mol. The molecule has 1 aromatic rings. The van der Waals surface area contributed by atoms with Gasteiger partial charge in [0.2, 0.25) is 5.78 Å². The second-order valence-corrected chi connectivity index (χ2v) is 3.86. The van der Waals surface area contributed by atoms with Crippen LogP contribution in [0, 0.1) is 11.6 Å². The third-order valence-corrected chi connectivity index (χ3v) is 2.27. The van der Waals surface area contributed by atoms with Gasteiger partial charge in [0.1, 0.15) is 0 Å². The summed E-state index contributed by atoms with van der Waals surface area (Å²) < 4.78 is 62.8. The second-order valence-electron chi connectivity index (χ2n) is 3.86. The fraction of sp³-hybridized carbons (Fsp3) is 0.364. The van der Waals surface area contributed by atoms with Crippen molar-refractivity contribution in [3.05, 3.63) is 29.3 Å². The van der Waals surface area contributed by atoms with Crippen molar-refractivity contribution >= 4 is 11.5 Å². The summed E-state index contributed by atoms with van der Waals surface area (Å²) in [5, 5.41) is 0. The van der Waals surface area contributed by atoms with Crippen LogP contribution < -0.4 is 4.90 Å². The van der Waals surface area contributed by atoms with Crippen LogP contribution in [-0.2, 0) is 11.2 Å². The summed E-state index contributed by atoms with van der Waals surface area (Å²) in [4.78, 5) is 12.0. The molecule has 0 fully saturated rings. The van der Waals surface area contributed by atoms with Crippen molar-refractivity contribution in [3.63, 3.8) is 0 Å². The van der Waals surface area contributed by atoms with Gasteiger partial charge in [-0.15, -0.1) is 0 Å². The number of alkyl halides is 3. The summed E-state index contributed by atoms with van der Waals surface area (Å²) in [6, 6.07) is 1.67. The van der Waals surface area contributed by atoms with Crippen LogP contribution in [0.25, 0.3) is 0 Å². The van der Waals surface area contributed by atoms with Gasteiger partial charge in [-0.05, 0) is 11.6 Å². The molecule has 0 amide bonds. The van der Waals surface area contributed by atoms with Crippen molar-refractivity contribution in [3.8, 4) is 0 Å². The van der Waals surface area contributed by atoms with Gasteiger partial charge < -0.3 is 4.90 Å². The number of carbonyl (C=O) groups is 1. The van der Waals surface area contributed by atoms with Gasteiger partial charge in [-0.3, -0.25) is 4.79 Å². The van der Waals surface area contributed by atoms with Gasteiger partial charge >= 0.3 is 6.18 Å². The minimum Gasteiger partial charge on any atom is -0.375 e. The predicted octanol–water partition coefficient (Wildman–Crippen LogP) is 2.70. The van der Waals surface area contributed by atoms with E-state index in [-0.39, 0.29) is 11.3 Å². The van der Waals surface area contributed by atoms with Crippen LogP contribution in [0.4, 0.5) is 27.6 Å². The number of hydrogen-bond acceptors (Lipinski definition) is 2. The van der Waals surface area contributed by atoms with Gasteiger partial charge in [0.15, 0.2) is 11.6 Å². The zero-order chi connectivity index (χ0) is 14.1. The van der Waals surface area contributed by atoms with Gasteiger partial charge in [0, 0.05) is 20.5 Å². The molecule has 0 aliphatic rings. The third kappa shape index (κ3) is 2.96. The van der Waals surface area contributed by atoms with E-state index in [1.165, 1.54) is 14.1 Å². The number of carbonyl (C=O) groups excluding carboxylic acids is 1. The topological polar surface area (TPSA) is 20.3 Å². The number of anilines is 1. The molecular formula is C11H10F5NO. The molecule has 0 unspecified atom stereocenters. The molecule has 7 heteroatoms. The van der Waals surface area contributed by atoms with E-state index in [9.17, 15) is 26.7 Å². The standard InChI is InChI=1S/C11H10F5NO/c1-17(2)10-6(3-4-7(12)9(10)13)5-8(18)11(14,15)16/h3-4H,5H2,1-2H3. The van der Waals surface area contributed by atoms with E-state index in [1.807, 2.05) is 0 Å². The average Bonchev–Trinajstić information content (AvgIpc) is 2.21. The normalized spacial score (nSPS) is 11.5. The number of ketones is 1. The van der Waals surface area contributed by atoms with Crippen LogP contribution in [-0.4, -0.2) is 26.1 Å². The van der Waals surface area contributed by atoms with Crippen LogP contribution in [0.5, 0.6) is 0 Å². The van der Waals surface area contributed by atoms with Crippen molar-refractivity contribution in [2.45, 2.75) is 12.6 Å². The first kappa shape index (κ1) is 14.4. The van der Waals surface area contributed by atoms with E-state index in [0.717, 1.165) is 11.0 Å². The Hall–Kier alpha value is -1.66. The predicted molar refractivity (Wildman–Crippen MR) is 55.5 cm³/mol. The fourth-order valence-electron chi connectivity index (χ4n) is 1.48. The van der Waals surface area contributed by atoms with Gasteiger partial charge in [0.05, 0.1) is 5.69 Å². The Balaban J connectivity index is 3.18. The zero-order valence-corrected chi connectivity index (χ0v) is 9.61. The first-order chi connectivity index (χ1) is 8.14. The summed E-state index contributed by atoms with van der Waals surface area (Å²) in [5.74, 6) is -4.45. The molecule has 0 aromatic heterocycles. The Bertz CT molecular complexity index is 467. The molecule has 0 aliphatic heterocycles. The summed E-state index contributed by atoms with van der Waals surface area (Å²) in [5.41, 5.74) is -0.561. The summed E-state index contributed by atoms with van der Waals surface area (Å²) in [6.07, 6.45) is -6.01. The Morgan fingerprint density at radius 1 is 1.22 bits per heavy atom. The maximum atomic E-state index is 13.5. The molecule has 0 atom stereocenters. The molecule has 100 valence electrons. The van der Waals surface area contributed by atoms with Crippen LogP contribution in [0.1, 0.15) is 5.56 Å². The van der Waals surface area contributed by atoms with Crippen LogP contribution in [0.3, 0.4) is 0 Å². The molecule has 2 nitrogen and oxygen atoms in total. The SMILES string of the molecule is CN(C)c1c(CC(=O)C(F)(F)F)ccc(F)c1F. The maximum absolute atomic E-state index is 13.5. The lowest BCUT2D eigenvalue weighted by molar-refractivity contribution is -0.170. The third-order valence-electron chi connectivity index (χ3n) is 2.27. The number of halogens is 5. The Labute approximate surface area is 100 Å². The molecule has 1 aromatic carbocycles. The van der Waals surface area contributed by atoms with Gasteiger partial charge in [-0.25, -0.2) is 8.78 Å². The second kappa shape index (κ2) is 4.91. The van der Waals surface area contributed by atoms with E-state index in [4.69, 9.17) is 0 Å². The minimum atomic E-state index is -4.99. The summed E-state index contributed by atoms with van der Waals surface area (Å²) in [6.45, 7) is 0. The summed E-state index contributed by atoms with van der Waals surface area (Å²) >= 11 is 0. The van der Waals surface area contributed by atoms with Crippen LogP contribution in [0.15, 0.2) is 12.1 Å². The van der Waals surface area contributed by atoms with Gasteiger partial charge in [-0.1, -0.05) is 6.07 Å². The Morgan fingerprint density at radius 2 is 1.78 bits per heavy atom. The molecule has 0 spiro atoms. The minimum absolute atomic E-state index is 0.207. The fourth-order valence-corrected chi connectivity index (χ4v) is 1.48. The van der Waals surface area contributed by atoms with Crippen molar-refractivity contribution in [2.24, 2.45) is 0 Å². The highest BCUT2D eigenvalue weighted by molar-refractivity contribution is 5.87. The molecule has 0 heterocycles. The molecule has 0 saturated carbocycles. The van der Waals surface area contributed by atoms with Crippen LogP contribution in [0.2, 0.25) is 0 Å². The van der Waals surface area contributed by atoms with Crippen LogP contribution >= 0.6 is 0 Å². The highest BCUT2D eigenvalue weighted by atomic mass is 19.4. The number of nitrogens with zero attached hydrogens (tertiary/aromatic N) is 1. The van der Waals surface area contributed by atoms with Crippen molar-refractivity contribution in [1.29, 1.82) is 0 Å². The highest BCUT2D eigenvalue weighted by Crippen LogP contribution is 2.28. The van der Waals surface area contributed by atoms with E-state index in [2.05, 4.69) is 0 Å². The number of benzene rings is 1. The Kier molecular flexibility index (Phi) is 3.93. The van der Waals surface area contributed by atoms with Crippen molar-refractivity contribution < 1.29 is 26.7 Å². The molecule has 0 bridgehead atoms. The number of Topliss-reactive ketones (excluding diaryl/α,β-unsaturated/α-hetero) is 1. The molecule has 0 N–H and O–H groups in total. The quantitative estimate of drug-likeness (QED) is 0.785. The van der Waals surface area contributed by atoms with Crippen molar-refractivity contribution in [1.82, 2.24) is 0 Å². The smallest absolute Gasteiger partial charge is 0.375 e. The monoisotopic (exact) mass is 267 g/mol. The number of rotatable bonds is 3. The Morgan fingerprint density at radius 3 is 2.22 bits per heavy atom. The molecule has 1 rings (SSSR count). The highest BCUT2D eigenvalue weighted by Gasteiger charge is 2.38. The van der Waals surface area contributed by atoms with E-state index < -0.39 is 30.0 Å². The van der Waals surface area contributed by atoms with Gasteiger partial charge in [-0.2, -0.15) is 13.2 Å². The lowest BCUT2D eigenvalue weighted by Crippen LogP contribution is -2.26. The number of hydrogen-bond donors (Lipinski definition) is 0. The van der Waals surface area contributed by atoms with E-state index in [1.54, 1.807) is 0 Å². The first-order valence-electron chi connectivity index (χ1n) is 4.88. The lowest BCUT2D eigenvalue weighted by Gasteiger charge is -2.18. The zero-order valence-electron chi connectivity index (χ0n) is 9.61. The first-order valence-corrected chi connectivity index (χ1v) is 4.88. The molecule has 0 saturated heterocycles. The van der Waals surface area contributed by atoms with E-state index in [0.29, 0.717) is 6.07 Å². The summed E-state index contributed by atoms with van der Waals surface area (Å²) in [7, 11) is 2.69.